The van der Waals surface area contributed by atoms with Crippen molar-refractivity contribution in [2.24, 2.45) is 18.2 Å². The van der Waals surface area contributed by atoms with Crippen molar-refractivity contribution in [2.75, 3.05) is 19.8 Å². The fourth-order valence-electron chi connectivity index (χ4n) is 2.19. The Balaban J connectivity index is 2.07. The highest BCUT2D eigenvalue weighted by molar-refractivity contribution is 5.86. The maximum absolute atomic E-state index is 12.3. The molecule has 6 heteroatoms. The minimum Gasteiger partial charge on any atom is -0.381 e. The normalized spacial score (nSPS) is 19.2. The summed E-state index contributed by atoms with van der Waals surface area (Å²) in [6.07, 6.45) is 3.50. The van der Waals surface area contributed by atoms with Gasteiger partial charge in [0, 0.05) is 38.4 Å². The van der Waals surface area contributed by atoms with Crippen LogP contribution in [0.3, 0.4) is 0 Å². The molecule has 0 aromatic carbocycles. The van der Waals surface area contributed by atoms with Gasteiger partial charge in [0.15, 0.2) is 0 Å². The summed E-state index contributed by atoms with van der Waals surface area (Å²) in [5.74, 6) is 0.156. The van der Waals surface area contributed by atoms with Gasteiger partial charge in [-0.2, -0.15) is 0 Å². The van der Waals surface area contributed by atoms with Crippen molar-refractivity contribution in [2.45, 2.75) is 19.3 Å². The van der Waals surface area contributed by atoms with Crippen LogP contribution in [0.4, 0.5) is 0 Å². The van der Waals surface area contributed by atoms with Crippen LogP contribution >= 0.6 is 0 Å². The number of nitrogens with two attached hydrogens (primary N) is 1. The average Bonchev–Trinajstić information content (AvgIpc) is 2.75. The third-order valence-electron chi connectivity index (χ3n) is 3.42. The van der Waals surface area contributed by atoms with Gasteiger partial charge in [0.2, 0.25) is 0 Å². The first-order chi connectivity index (χ1) is 8.16. The number of rotatable bonds is 4. The van der Waals surface area contributed by atoms with E-state index >= 15 is 0 Å². The number of nitrogens with zero attached hydrogens (tertiary/aromatic N) is 3. The lowest BCUT2D eigenvalue weighted by atomic mass is 9.75. The molecule has 2 rings (SSSR count). The zero-order valence-corrected chi connectivity index (χ0v) is 10.1. The summed E-state index contributed by atoms with van der Waals surface area (Å²) in [5, 5.41) is 7.76. The van der Waals surface area contributed by atoms with Crippen LogP contribution in [0.5, 0.6) is 0 Å². The summed E-state index contributed by atoms with van der Waals surface area (Å²) in [6, 6.07) is 0. The van der Waals surface area contributed by atoms with Gasteiger partial charge in [0.25, 0.3) is 0 Å². The molecule has 0 spiro atoms. The number of ether oxygens (including phenoxy) is 1. The fraction of sp³-hybridized carbons (Fsp3) is 0.727. The molecule has 0 amide bonds. The van der Waals surface area contributed by atoms with Gasteiger partial charge in [0.05, 0.1) is 12.1 Å². The van der Waals surface area contributed by atoms with Gasteiger partial charge in [0.1, 0.15) is 5.78 Å². The van der Waals surface area contributed by atoms with Gasteiger partial charge in [-0.15, -0.1) is 5.10 Å². The first-order valence-corrected chi connectivity index (χ1v) is 5.83. The Hall–Kier alpha value is -1.27. The van der Waals surface area contributed by atoms with Crippen molar-refractivity contribution in [3.05, 3.63) is 11.9 Å². The largest absolute Gasteiger partial charge is 0.381 e. The lowest BCUT2D eigenvalue weighted by Crippen LogP contribution is -2.44. The molecule has 2 heterocycles. The molecule has 0 aliphatic carbocycles. The number of ketones is 1. The van der Waals surface area contributed by atoms with Crippen molar-refractivity contribution >= 4 is 5.78 Å². The van der Waals surface area contributed by atoms with Crippen molar-refractivity contribution < 1.29 is 9.53 Å². The van der Waals surface area contributed by atoms with Gasteiger partial charge >= 0.3 is 0 Å². The summed E-state index contributed by atoms with van der Waals surface area (Å²) < 4.78 is 6.89. The molecular weight excluding hydrogens is 220 g/mol. The Bertz CT molecular complexity index is 396. The minimum absolute atomic E-state index is 0.156. The van der Waals surface area contributed by atoms with Gasteiger partial charge in [-0.1, -0.05) is 5.21 Å². The van der Waals surface area contributed by atoms with Crippen LogP contribution in [0.1, 0.15) is 18.5 Å². The lowest BCUT2D eigenvalue weighted by Gasteiger charge is -2.34. The van der Waals surface area contributed by atoms with E-state index in [1.807, 2.05) is 0 Å². The van der Waals surface area contributed by atoms with E-state index in [1.54, 1.807) is 17.9 Å². The van der Waals surface area contributed by atoms with Crippen molar-refractivity contribution in [3.8, 4) is 0 Å². The number of carbonyl (C=O) groups is 1. The van der Waals surface area contributed by atoms with Crippen LogP contribution in [-0.4, -0.2) is 40.5 Å². The van der Waals surface area contributed by atoms with Gasteiger partial charge in [-0.05, 0) is 12.8 Å². The Morgan fingerprint density at radius 1 is 1.59 bits per heavy atom. The molecule has 1 aromatic heterocycles. The van der Waals surface area contributed by atoms with E-state index in [0.717, 1.165) is 0 Å². The zero-order valence-electron chi connectivity index (χ0n) is 10.1. The molecule has 1 aromatic rings. The second-order valence-electron chi connectivity index (χ2n) is 4.58. The highest BCUT2D eigenvalue weighted by atomic mass is 16.5. The third kappa shape index (κ3) is 2.53. The molecule has 0 atom stereocenters. The Morgan fingerprint density at radius 2 is 2.29 bits per heavy atom. The minimum atomic E-state index is -0.421. The van der Waals surface area contributed by atoms with E-state index in [4.69, 9.17) is 10.5 Å². The van der Waals surface area contributed by atoms with Crippen molar-refractivity contribution in [1.29, 1.82) is 0 Å². The molecule has 0 saturated carbocycles. The molecule has 0 radical (unpaired) electrons. The molecule has 94 valence electrons. The van der Waals surface area contributed by atoms with Crippen LogP contribution in [-0.2, 0) is 23.0 Å². The van der Waals surface area contributed by atoms with Crippen LogP contribution in [0.15, 0.2) is 6.20 Å². The third-order valence-corrected chi connectivity index (χ3v) is 3.42. The Kier molecular flexibility index (Phi) is 3.54. The highest BCUT2D eigenvalue weighted by Gasteiger charge is 2.38. The van der Waals surface area contributed by atoms with Crippen LogP contribution < -0.4 is 5.73 Å². The SMILES string of the molecule is Cn1cc(CC(=O)C2(CN)CCOCC2)nn1. The van der Waals surface area contributed by atoms with Gasteiger partial charge in [-0.3, -0.25) is 9.48 Å². The Labute approximate surface area is 100 Å². The van der Waals surface area contributed by atoms with E-state index in [1.165, 1.54) is 0 Å². The topological polar surface area (TPSA) is 83.0 Å². The predicted molar refractivity (Wildman–Crippen MR) is 61.3 cm³/mol. The van der Waals surface area contributed by atoms with Crippen LogP contribution in [0.2, 0.25) is 0 Å². The summed E-state index contributed by atoms with van der Waals surface area (Å²) in [4.78, 5) is 12.3. The summed E-state index contributed by atoms with van der Waals surface area (Å²) in [6.45, 7) is 1.61. The van der Waals surface area contributed by atoms with E-state index in [9.17, 15) is 4.79 Å². The van der Waals surface area contributed by atoms with Crippen LogP contribution in [0.25, 0.3) is 0 Å². The molecule has 1 aliphatic rings. The first-order valence-electron chi connectivity index (χ1n) is 5.83. The summed E-state index contributed by atoms with van der Waals surface area (Å²) in [7, 11) is 1.79. The highest BCUT2D eigenvalue weighted by Crippen LogP contribution is 2.31. The van der Waals surface area contributed by atoms with E-state index < -0.39 is 5.41 Å². The number of aromatic nitrogens is 3. The predicted octanol–water partition coefficient (Wildman–Crippen LogP) is -0.318. The molecule has 1 aliphatic heterocycles. The van der Waals surface area contributed by atoms with E-state index in [-0.39, 0.29) is 5.78 Å². The molecule has 0 bridgehead atoms. The summed E-state index contributed by atoms with van der Waals surface area (Å²) >= 11 is 0. The second-order valence-corrected chi connectivity index (χ2v) is 4.58. The van der Waals surface area contributed by atoms with Gasteiger partial charge < -0.3 is 10.5 Å². The Morgan fingerprint density at radius 3 is 2.82 bits per heavy atom. The number of aryl methyl sites for hydroxylation is 1. The summed E-state index contributed by atoms with van der Waals surface area (Å²) in [5.41, 5.74) is 6.06. The first kappa shape index (κ1) is 12.2. The fourth-order valence-corrected chi connectivity index (χ4v) is 2.19. The van der Waals surface area contributed by atoms with Crippen LogP contribution in [0, 0.1) is 5.41 Å². The quantitative estimate of drug-likeness (QED) is 0.777. The number of Topliss-reactive ketones (excluding diaryl/α,β-unsaturated/α-hetero) is 1. The molecular formula is C11H18N4O2. The van der Waals surface area contributed by atoms with E-state index in [2.05, 4.69) is 10.3 Å². The number of hydrogen-bond donors (Lipinski definition) is 1. The molecule has 0 unspecified atom stereocenters. The smallest absolute Gasteiger partial charge is 0.146 e. The van der Waals surface area contributed by atoms with Gasteiger partial charge in [-0.25, -0.2) is 0 Å². The molecule has 6 nitrogen and oxygen atoms in total. The zero-order chi connectivity index (χ0) is 12.3. The van der Waals surface area contributed by atoms with Crippen molar-refractivity contribution in [1.82, 2.24) is 15.0 Å². The number of carbonyl (C=O) groups excluding carboxylic acids is 1. The van der Waals surface area contributed by atoms with Crippen molar-refractivity contribution in [3.63, 3.8) is 0 Å². The molecule has 2 N–H and O–H groups in total. The maximum atomic E-state index is 12.3. The molecule has 17 heavy (non-hydrogen) atoms. The lowest BCUT2D eigenvalue weighted by molar-refractivity contribution is -0.132. The maximum Gasteiger partial charge on any atom is 0.146 e. The standard InChI is InChI=1S/C11H18N4O2/c1-15-7-9(13-14-15)6-10(16)11(8-12)2-4-17-5-3-11/h7H,2-6,8,12H2,1H3. The molecule has 1 saturated heterocycles. The number of hydrogen-bond acceptors (Lipinski definition) is 5. The monoisotopic (exact) mass is 238 g/mol. The van der Waals surface area contributed by atoms with E-state index in [0.29, 0.717) is 44.7 Å². The average molecular weight is 238 g/mol. The second kappa shape index (κ2) is 4.93. The molecule has 1 fully saturated rings.